The van der Waals surface area contributed by atoms with Crippen LogP contribution < -0.4 is 0 Å². The quantitative estimate of drug-likeness (QED) is 0.817. The average Bonchev–Trinajstić information content (AvgIpc) is 2.96. The van der Waals surface area contributed by atoms with Gasteiger partial charge in [0.15, 0.2) is 5.79 Å². The van der Waals surface area contributed by atoms with E-state index < -0.39 is 15.8 Å². The molecule has 2 aliphatic rings. The fraction of sp³-hybridized carbons (Fsp3) is 0.500. The third-order valence-corrected chi connectivity index (χ3v) is 6.22. The molecule has 22 heavy (non-hydrogen) atoms. The van der Waals surface area contributed by atoms with Gasteiger partial charge in [-0.25, -0.2) is 8.42 Å². The molecule has 6 nitrogen and oxygen atoms in total. The van der Waals surface area contributed by atoms with Gasteiger partial charge in [-0.2, -0.15) is 9.57 Å². The van der Waals surface area contributed by atoms with E-state index in [1.807, 2.05) is 6.07 Å². The lowest BCUT2D eigenvalue weighted by Gasteiger charge is -2.36. The molecule has 1 aromatic carbocycles. The van der Waals surface area contributed by atoms with Crippen molar-refractivity contribution in [3.05, 3.63) is 28.8 Å². The van der Waals surface area contributed by atoms with Crippen molar-refractivity contribution in [3.63, 3.8) is 0 Å². The summed E-state index contributed by atoms with van der Waals surface area (Å²) >= 11 is 5.85. The molecule has 1 aromatic rings. The molecule has 2 heterocycles. The van der Waals surface area contributed by atoms with Crippen molar-refractivity contribution in [2.24, 2.45) is 0 Å². The van der Waals surface area contributed by atoms with Crippen LogP contribution in [0, 0.1) is 11.3 Å². The molecule has 0 saturated carbocycles. The van der Waals surface area contributed by atoms with E-state index in [2.05, 4.69) is 0 Å². The summed E-state index contributed by atoms with van der Waals surface area (Å²) < 4.78 is 37.9. The lowest BCUT2D eigenvalue weighted by Crippen LogP contribution is -2.47. The van der Waals surface area contributed by atoms with Crippen molar-refractivity contribution in [2.45, 2.75) is 23.5 Å². The van der Waals surface area contributed by atoms with Gasteiger partial charge in [0.25, 0.3) is 0 Å². The topological polar surface area (TPSA) is 79.6 Å². The molecular formula is C14H15ClN2O4S. The van der Waals surface area contributed by atoms with E-state index in [4.69, 9.17) is 26.3 Å². The molecule has 0 amide bonds. The molecule has 0 atom stereocenters. The number of benzene rings is 1. The predicted octanol–water partition coefficient (Wildman–Crippen LogP) is 1.74. The van der Waals surface area contributed by atoms with Crippen molar-refractivity contribution in [1.82, 2.24) is 4.31 Å². The Labute approximate surface area is 134 Å². The van der Waals surface area contributed by atoms with Gasteiger partial charge in [-0.15, -0.1) is 0 Å². The van der Waals surface area contributed by atoms with E-state index in [9.17, 15) is 8.42 Å². The maximum Gasteiger partial charge on any atom is 0.243 e. The van der Waals surface area contributed by atoms with Gasteiger partial charge in [-0.3, -0.25) is 0 Å². The lowest BCUT2D eigenvalue weighted by molar-refractivity contribution is -0.179. The van der Waals surface area contributed by atoms with Gasteiger partial charge in [-0.05, 0) is 18.2 Å². The van der Waals surface area contributed by atoms with Crippen molar-refractivity contribution in [1.29, 1.82) is 5.26 Å². The number of nitrogens with zero attached hydrogens (tertiary/aromatic N) is 2. The van der Waals surface area contributed by atoms with Crippen LogP contribution in [0.15, 0.2) is 23.1 Å². The number of hydrogen-bond acceptors (Lipinski definition) is 5. The van der Waals surface area contributed by atoms with Crippen molar-refractivity contribution >= 4 is 21.6 Å². The van der Waals surface area contributed by atoms with Crippen LogP contribution in [-0.2, 0) is 19.5 Å². The second-order valence-corrected chi connectivity index (χ2v) is 7.61. The minimum Gasteiger partial charge on any atom is -0.347 e. The summed E-state index contributed by atoms with van der Waals surface area (Å²) in [6, 6.07) is 6.06. The Hall–Kier alpha value is -1.17. The van der Waals surface area contributed by atoms with E-state index in [1.165, 1.54) is 22.5 Å². The monoisotopic (exact) mass is 342 g/mol. The van der Waals surface area contributed by atoms with Crippen LogP contribution in [0.3, 0.4) is 0 Å². The standard InChI is InChI=1S/C14H15ClN2O4S/c15-13-2-1-12(9-11(13)10-16)22(18,19)17-5-3-14(4-6-17)20-7-8-21-14/h1-2,9H,3-8H2. The first-order valence-corrected chi connectivity index (χ1v) is 8.76. The molecule has 0 aromatic heterocycles. The molecule has 2 aliphatic heterocycles. The minimum absolute atomic E-state index is 0.0812. The van der Waals surface area contributed by atoms with Gasteiger partial charge >= 0.3 is 0 Å². The van der Waals surface area contributed by atoms with Gasteiger partial charge in [0, 0.05) is 25.9 Å². The average molecular weight is 343 g/mol. The van der Waals surface area contributed by atoms with E-state index in [1.54, 1.807) is 0 Å². The Kier molecular flexibility index (Phi) is 4.14. The first-order chi connectivity index (χ1) is 10.5. The van der Waals surface area contributed by atoms with Crippen LogP contribution in [0.1, 0.15) is 18.4 Å². The number of sulfonamides is 1. The zero-order valence-corrected chi connectivity index (χ0v) is 13.4. The highest BCUT2D eigenvalue weighted by molar-refractivity contribution is 7.89. The maximum absolute atomic E-state index is 12.7. The van der Waals surface area contributed by atoms with Crippen molar-refractivity contribution in [3.8, 4) is 6.07 Å². The smallest absolute Gasteiger partial charge is 0.243 e. The van der Waals surface area contributed by atoms with Crippen LogP contribution in [-0.4, -0.2) is 44.8 Å². The van der Waals surface area contributed by atoms with E-state index in [0.29, 0.717) is 39.1 Å². The Bertz CT molecular complexity index is 713. The summed E-state index contributed by atoms with van der Waals surface area (Å²) in [5, 5.41) is 9.22. The Balaban J connectivity index is 1.81. The van der Waals surface area contributed by atoms with Gasteiger partial charge in [0.05, 0.1) is 28.7 Å². The number of piperidine rings is 1. The Morgan fingerprint density at radius 2 is 1.86 bits per heavy atom. The molecule has 0 radical (unpaired) electrons. The van der Waals surface area contributed by atoms with Crippen molar-refractivity contribution < 1.29 is 17.9 Å². The fourth-order valence-electron chi connectivity index (χ4n) is 2.75. The Morgan fingerprint density at radius 3 is 2.45 bits per heavy atom. The molecule has 2 fully saturated rings. The minimum atomic E-state index is -3.65. The number of rotatable bonds is 2. The highest BCUT2D eigenvalue weighted by Gasteiger charge is 2.42. The second kappa shape index (κ2) is 5.80. The van der Waals surface area contributed by atoms with Crippen LogP contribution in [0.5, 0.6) is 0 Å². The first kappa shape index (κ1) is 15.7. The summed E-state index contributed by atoms with van der Waals surface area (Å²) in [5.74, 6) is -0.621. The fourth-order valence-corrected chi connectivity index (χ4v) is 4.38. The van der Waals surface area contributed by atoms with Gasteiger partial charge in [0.1, 0.15) is 6.07 Å². The normalized spacial score (nSPS) is 21.8. The largest absolute Gasteiger partial charge is 0.347 e. The SMILES string of the molecule is N#Cc1cc(S(=O)(=O)N2CCC3(CC2)OCCO3)ccc1Cl. The highest BCUT2D eigenvalue weighted by Crippen LogP contribution is 2.33. The van der Waals surface area contributed by atoms with Crippen molar-refractivity contribution in [2.75, 3.05) is 26.3 Å². The molecule has 118 valence electrons. The highest BCUT2D eigenvalue weighted by atomic mass is 35.5. The van der Waals surface area contributed by atoms with Crippen LogP contribution >= 0.6 is 11.6 Å². The summed E-state index contributed by atoms with van der Waals surface area (Å²) in [7, 11) is -3.65. The number of halogens is 1. The molecule has 2 saturated heterocycles. The number of ether oxygens (including phenoxy) is 2. The van der Waals surface area contributed by atoms with Crippen LogP contribution in [0.2, 0.25) is 5.02 Å². The summed E-state index contributed by atoms with van der Waals surface area (Å²) in [6.07, 6.45) is 1.01. The molecule has 3 rings (SSSR count). The predicted molar refractivity (Wildman–Crippen MR) is 78.8 cm³/mol. The molecule has 0 bridgehead atoms. The van der Waals surface area contributed by atoms with E-state index in [-0.39, 0.29) is 15.5 Å². The molecule has 0 unspecified atom stereocenters. The molecule has 0 aliphatic carbocycles. The zero-order valence-electron chi connectivity index (χ0n) is 11.8. The van der Waals surface area contributed by atoms with E-state index in [0.717, 1.165) is 0 Å². The van der Waals surface area contributed by atoms with Crippen LogP contribution in [0.4, 0.5) is 0 Å². The summed E-state index contributed by atoms with van der Waals surface area (Å²) in [4.78, 5) is 0.0812. The maximum atomic E-state index is 12.7. The summed E-state index contributed by atoms with van der Waals surface area (Å²) in [5.41, 5.74) is 0.152. The first-order valence-electron chi connectivity index (χ1n) is 6.95. The van der Waals surface area contributed by atoms with Gasteiger partial charge < -0.3 is 9.47 Å². The third kappa shape index (κ3) is 2.73. The van der Waals surface area contributed by atoms with Crippen LogP contribution in [0.25, 0.3) is 0 Å². The number of hydrogen-bond donors (Lipinski definition) is 0. The molecular weight excluding hydrogens is 328 g/mol. The third-order valence-electron chi connectivity index (χ3n) is 3.99. The zero-order chi connectivity index (χ0) is 15.8. The molecule has 8 heteroatoms. The second-order valence-electron chi connectivity index (χ2n) is 5.27. The molecule has 0 N–H and O–H groups in total. The molecule has 1 spiro atoms. The number of nitriles is 1. The van der Waals surface area contributed by atoms with Gasteiger partial charge in [-0.1, -0.05) is 11.6 Å². The van der Waals surface area contributed by atoms with Gasteiger partial charge in [0.2, 0.25) is 10.0 Å². The Morgan fingerprint density at radius 1 is 1.23 bits per heavy atom. The van der Waals surface area contributed by atoms with E-state index >= 15 is 0 Å². The lowest BCUT2D eigenvalue weighted by atomic mass is 10.1. The summed E-state index contributed by atoms with van der Waals surface area (Å²) in [6.45, 7) is 1.75.